The summed E-state index contributed by atoms with van der Waals surface area (Å²) in [6, 6.07) is 15.5. The van der Waals surface area contributed by atoms with E-state index in [1.54, 1.807) is 29.8 Å². The number of amides is 2. The molecule has 0 saturated heterocycles. The summed E-state index contributed by atoms with van der Waals surface area (Å²) in [4.78, 5) is 35.7. The zero-order valence-electron chi connectivity index (χ0n) is 19.1. The van der Waals surface area contributed by atoms with E-state index in [-0.39, 0.29) is 23.7 Å². The molecular weight excluding hydrogens is 448 g/mol. The largest absolute Gasteiger partial charge is 0.478 e. The van der Waals surface area contributed by atoms with E-state index in [0.29, 0.717) is 16.5 Å². The molecule has 34 heavy (non-hydrogen) atoms. The van der Waals surface area contributed by atoms with Gasteiger partial charge in [0.05, 0.1) is 23.5 Å². The normalized spacial score (nSPS) is 10.6. The third-order valence-electron chi connectivity index (χ3n) is 4.99. The zero-order chi connectivity index (χ0) is 24.7. The summed E-state index contributed by atoms with van der Waals surface area (Å²) in [5, 5.41) is 13.7. The van der Waals surface area contributed by atoms with E-state index in [4.69, 9.17) is 0 Å². The van der Waals surface area contributed by atoms with Gasteiger partial charge in [0.2, 0.25) is 5.95 Å². The van der Waals surface area contributed by atoms with Crippen molar-refractivity contribution in [2.75, 3.05) is 16.8 Å². The van der Waals surface area contributed by atoms with Crippen molar-refractivity contribution in [3.63, 3.8) is 0 Å². The molecule has 0 atom stereocenters. The topological polar surface area (TPSA) is 95.4 Å². The standard InChI is InChI=1S/C26H26N4O3S/c1-5-34-18(4)16-30(26(33)29-23-9-7-6-8-21(23)24(31)32)25-27-15-14-22(28-25)20-12-10-19(11-13-20)17(2)3/h5-15,17H,1,4,16H2,2-3H3,(H,29,33)(H,31,32). The van der Waals surface area contributed by atoms with Crippen molar-refractivity contribution in [1.82, 2.24) is 9.97 Å². The van der Waals surface area contributed by atoms with Gasteiger partial charge in [-0.3, -0.25) is 4.90 Å². The molecule has 7 nitrogen and oxygen atoms in total. The van der Waals surface area contributed by atoms with E-state index in [9.17, 15) is 14.7 Å². The summed E-state index contributed by atoms with van der Waals surface area (Å²) < 4.78 is 0. The van der Waals surface area contributed by atoms with Crippen LogP contribution in [0.3, 0.4) is 0 Å². The Balaban J connectivity index is 1.95. The minimum absolute atomic E-state index is 0.0185. The van der Waals surface area contributed by atoms with Crippen molar-refractivity contribution in [1.29, 1.82) is 0 Å². The fourth-order valence-electron chi connectivity index (χ4n) is 3.20. The number of hydrogen-bond acceptors (Lipinski definition) is 5. The van der Waals surface area contributed by atoms with Gasteiger partial charge in [-0.2, -0.15) is 0 Å². The molecule has 0 bridgehead atoms. The van der Waals surface area contributed by atoms with Crippen LogP contribution in [-0.2, 0) is 0 Å². The van der Waals surface area contributed by atoms with Gasteiger partial charge in [0.15, 0.2) is 0 Å². The highest BCUT2D eigenvalue weighted by molar-refractivity contribution is 8.05. The van der Waals surface area contributed by atoms with Crippen LogP contribution in [0.4, 0.5) is 16.4 Å². The molecule has 0 aliphatic carbocycles. The number of carboxylic acids is 1. The smallest absolute Gasteiger partial charge is 0.337 e. The number of aromatic nitrogens is 2. The highest BCUT2D eigenvalue weighted by atomic mass is 32.2. The first kappa shape index (κ1) is 24.7. The number of hydrogen-bond donors (Lipinski definition) is 2. The highest BCUT2D eigenvalue weighted by Gasteiger charge is 2.22. The first-order valence-corrected chi connectivity index (χ1v) is 11.5. The SMILES string of the molecule is C=CSC(=C)CN(C(=O)Nc1ccccc1C(=O)O)c1nccc(-c2ccc(C(C)C)cc2)n1. The Morgan fingerprint density at radius 1 is 1.15 bits per heavy atom. The molecular formula is C26H26N4O3S. The van der Waals surface area contributed by atoms with Crippen LogP contribution in [0.15, 0.2) is 84.3 Å². The van der Waals surface area contributed by atoms with Gasteiger partial charge in [-0.25, -0.2) is 19.6 Å². The number of anilines is 2. The molecule has 1 heterocycles. The van der Waals surface area contributed by atoms with Crippen LogP contribution < -0.4 is 10.2 Å². The van der Waals surface area contributed by atoms with Gasteiger partial charge in [0.25, 0.3) is 0 Å². The third-order valence-corrected chi connectivity index (χ3v) is 5.62. The molecule has 0 spiro atoms. The summed E-state index contributed by atoms with van der Waals surface area (Å²) >= 11 is 1.29. The lowest BCUT2D eigenvalue weighted by molar-refractivity contribution is 0.0698. The van der Waals surface area contributed by atoms with Gasteiger partial charge in [-0.05, 0) is 35.1 Å². The highest BCUT2D eigenvalue weighted by Crippen LogP contribution is 2.25. The summed E-state index contributed by atoms with van der Waals surface area (Å²) in [6.45, 7) is 12.0. The Bertz CT molecular complexity index is 1210. The minimum Gasteiger partial charge on any atom is -0.478 e. The number of carbonyl (C=O) groups is 2. The van der Waals surface area contributed by atoms with Crippen molar-refractivity contribution < 1.29 is 14.7 Å². The molecule has 174 valence electrons. The molecule has 2 N–H and O–H groups in total. The summed E-state index contributed by atoms with van der Waals surface area (Å²) in [5.41, 5.74) is 2.92. The van der Waals surface area contributed by atoms with Gasteiger partial charge in [0.1, 0.15) is 0 Å². The van der Waals surface area contributed by atoms with E-state index >= 15 is 0 Å². The first-order chi connectivity index (χ1) is 16.3. The van der Waals surface area contributed by atoms with Crippen molar-refractivity contribution in [2.45, 2.75) is 19.8 Å². The van der Waals surface area contributed by atoms with Crippen molar-refractivity contribution in [3.8, 4) is 11.3 Å². The van der Waals surface area contributed by atoms with Crippen LogP contribution in [0.1, 0.15) is 35.7 Å². The van der Waals surface area contributed by atoms with Crippen LogP contribution in [0.2, 0.25) is 0 Å². The fraction of sp³-hybridized carbons (Fsp3) is 0.154. The predicted octanol–water partition coefficient (Wildman–Crippen LogP) is 6.39. The van der Waals surface area contributed by atoms with E-state index in [1.165, 1.54) is 34.4 Å². The number of rotatable bonds is 9. The van der Waals surface area contributed by atoms with Crippen molar-refractivity contribution in [3.05, 3.63) is 95.4 Å². The van der Waals surface area contributed by atoms with Gasteiger partial charge in [-0.1, -0.05) is 63.4 Å². The Labute approximate surface area is 203 Å². The lowest BCUT2D eigenvalue weighted by Gasteiger charge is -2.22. The number of nitrogens with zero attached hydrogens (tertiary/aromatic N) is 3. The monoisotopic (exact) mass is 474 g/mol. The molecule has 0 aliphatic rings. The number of carboxylic acid groups (broad SMARTS) is 1. The molecule has 0 saturated carbocycles. The first-order valence-electron chi connectivity index (χ1n) is 10.6. The molecule has 0 fully saturated rings. The fourth-order valence-corrected chi connectivity index (χ4v) is 3.64. The summed E-state index contributed by atoms with van der Waals surface area (Å²) in [6.07, 6.45) is 1.59. The zero-order valence-corrected chi connectivity index (χ0v) is 19.9. The van der Waals surface area contributed by atoms with E-state index < -0.39 is 12.0 Å². The third kappa shape index (κ3) is 6.11. The van der Waals surface area contributed by atoms with Gasteiger partial charge < -0.3 is 10.4 Å². The minimum atomic E-state index is -1.14. The molecule has 1 aromatic heterocycles. The summed E-state index contributed by atoms with van der Waals surface area (Å²) in [7, 11) is 0. The molecule has 0 radical (unpaired) electrons. The van der Waals surface area contributed by atoms with Gasteiger partial charge >= 0.3 is 12.0 Å². The van der Waals surface area contributed by atoms with Crippen LogP contribution >= 0.6 is 11.8 Å². The Kier molecular flexibility index (Phi) is 8.21. The second-order valence-corrected chi connectivity index (χ2v) is 8.86. The average molecular weight is 475 g/mol. The number of thioether (sulfide) groups is 1. The van der Waals surface area contributed by atoms with Crippen LogP contribution in [0.25, 0.3) is 11.3 Å². The average Bonchev–Trinajstić information content (AvgIpc) is 2.83. The predicted molar refractivity (Wildman–Crippen MR) is 138 cm³/mol. The number of carbonyl (C=O) groups excluding carboxylic acids is 1. The number of benzene rings is 2. The molecule has 0 aliphatic heterocycles. The van der Waals surface area contributed by atoms with Gasteiger partial charge in [-0.15, -0.1) is 11.8 Å². The molecule has 8 heteroatoms. The molecule has 0 unspecified atom stereocenters. The molecule has 3 aromatic rings. The van der Waals surface area contributed by atoms with Crippen molar-refractivity contribution in [2.24, 2.45) is 0 Å². The van der Waals surface area contributed by atoms with Crippen molar-refractivity contribution >= 4 is 35.4 Å². The second-order valence-electron chi connectivity index (χ2n) is 7.71. The van der Waals surface area contributed by atoms with Crippen LogP contribution in [0, 0.1) is 0 Å². The van der Waals surface area contributed by atoms with Crippen LogP contribution in [0.5, 0.6) is 0 Å². The Hall–Kier alpha value is -3.91. The molecule has 2 amide bonds. The Morgan fingerprint density at radius 2 is 1.85 bits per heavy atom. The Morgan fingerprint density at radius 3 is 2.50 bits per heavy atom. The lowest BCUT2D eigenvalue weighted by Crippen LogP contribution is -2.37. The quantitative estimate of drug-likeness (QED) is 0.373. The number of nitrogens with one attached hydrogen (secondary N) is 1. The van der Waals surface area contributed by atoms with Crippen LogP contribution in [-0.4, -0.2) is 33.6 Å². The van der Waals surface area contributed by atoms with E-state index in [0.717, 1.165) is 5.56 Å². The summed E-state index contributed by atoms with van der Waals surface area (Å²) in [5.74, 6) is -0.560. The van der Waals surface area contributed by atoms with Gasteiger partial charge in [0, 0.05) is 16.7 Å². The van der Waals surface area contributed by atoms with E-state index in [1.807, 2.05) is 12.1 Å². The number of aromatic carboxylic acids is 1. The number of para-hydroxylation sites is 1. The molecule has 2 aromatic carbocycles. The number of urea groups is 1. The van der Waals surface area contributed by atoms with E-state index in [2.05, 4.69) is 54.4 Å². The maximum absolute atomic E-state index is 13.3. The maximum atomic E-state index is 13.3. The maximum Gasteiger partial charge on any atom is 0.337 e. The second kappa shape index (κ2) is 11.3. The molecule has 3 rings (SSSR count). The lowest BCUT2D eigenvalue weighted by atomic mass is 10.0.